The predicted octanol–water partition coefficient (Wildman–Crippen LogP) is 4.47. The first-order chi connectivity index (χ1) is 15.3. The van der Waals surface area contributed by atoms with Gasteiger partial charge in [-0.3, -0.25) is 5.10 Å². The van der Waals surface area contributed by atoms with E-state index in [0.717, 1.165) is 44.2 Å². The Bertz CT molecular complexity index is 854. The molecule has 164 valence electrons. The van der Waals surface area contributed by atoms with Crippen molar-refractivity contribution in [2.24, 2.45) is 0 Å². The third-order valence-electron chi connectivity index (χ3n) is 6.64. The molecule has 6 nitrogen and oxygen atoms in total. The minimum absolute atomic E-state index is 0.0144. The molecule has 1 aliphatic heterocycles. The Hall–Kier alpha value is -2.78. The number of rotatable bonds is 6. The van der Waals surface area contributed by atoms with Gasteiger partial charge >= 0.3 is 6.09 Å². The molecule has 2 aliphatic rings. The molecule has 2 fully saturated rings. The SMILES string of the molecule is C#CCOC(=O)N1CCC[C@H](c2cc[nH]n2)[C@@H]1CO[C@H]1CC[C@@H](c2ccccc2)CC1. The van der Waals surface area contributed by atoms with Gasteiger partial charge in [0, 0.05) is 18.7 Å². The van der Waals surface area contributed by atoms with Crippen molar-refractivity contribution in [2.45, 2.75) is 62.5 Å². The zero-order valence-corrected chi connectivity index (χ0v) is 17.9. The fourth-order valence-electron chi connectivity index (χ4n) is 5.02. The second kappa shape index (κ2) is 10.5. The summed E-state index contributed by atoms with van der Waals surface area (Å²) in [6.45, 7) is 1.13. The van der Waals surface area contributed by atoms with E-state index in [1.165, 1.54) is 5.56 Å². The molecule has 0 bridgehead atoms. The molecular formula is C25H31N3O3. The largest absolute Gasteiger partial charge is 0.436 e. The van der Waals surface area contributed by atoms with Gasteiger partial charge in [-0.15, -0.1) is 6.42 Å². The number of hydrogen-bond donors (Lipinski definition) is 1. The molecule has 1 saturated carbocycles. The van der Waals surface area contributed by atoms with Crippen molar-refractivity contribution < 1.29 is 14.3 Å². The average molecular weight is 422 g/mol. The maximum absolute atomic E-state index is 12.7. The molecule has 0 radical (unpaired) electrons. The van der Waals surface area contributed by atoms with Crippen molar-refractivity contribution in [1.29, 1.82) is 0 Å². The smallest absolute Gasteiger partial charge is 0.411 e. The topological polar surface area (TPSA) is 67.5 Å². The highest BCUT2D eigenvalue weighted by Gasteiger charge is 2.38. The fraction of sp³-hybridized carbons (Fsp3) is 0.520. The van der Waals surface area contributed by atoms with Crippen molar-refractivity contribution in [1.82, 2.24) is 15.1 Å². The summed E-state index contributed by atoms with van der Waals surface area (Å²) in [4.78, 5) is 14.4. The van der Waals surface area contributed by atoms with Crippen LogP contribution in [0.4, 0.5) is 4.79 Å². The van der Waals surface area contributed by atoms with Crippen LogP contribution in [0.2, 0.25) is 0 Å². The highest BCUT2D eigenvalue weighted by atomic mass is 16.6. The second-order valence-corrected chi connectivity index (χ2v) is 8.48. The van der Waals surface area contributed by atoms with Crippen molar-refractivity contribution in [3.63, 3.8) is 0 Å². The van der Waals surface area contributed by atoms with Gasteiger partial charge in [0.25, 0.3) is 0 Å². The molecule has 2 aromatic rings. The maximum atomic E-state index is 12.7. The number of amides is 1. The van der Waals surface area contributed by atoms with Crippen LogP contribution in [-0.4, -0.2) is 53.1 Å². The first kappa shape index (κ1) is 21.5. The lowest BCUT2D eigenvalue weighted by molar-refractivity contribution is -0.0251. The number of piperidine rings is 1. The minimum Gasteiger partial charge on any atom is -0.436 e. The van der Waals surface area contributed by atoms with Gasteiger partial charge in [0.05, 0.1) is 24.4 Å². The van der Waals surface area contributed by atoms with E-state index in [-0.39, 0.29) is 30.8 Å². The van der Waals surface area contributed by atoms with Gasteiger partial charge in [0.15, 0.2) is 6.61 Å². The van der Waals surface area contributed by atoms with Crippen LogP contribution < -0.4 is 0 Å². The minimum atomic E-state index is -0.362. The summed E-state index contributed by atoms with van der Waals surface area (Å²) >= 11 is 0. The van der Waals surface area contributed by atoms with Crippen LogP contribution in [0, 0.1) is 12.3 Å². The lowest BCUT2D eigenvalue weighted by Crippen LogP contribution is -2.50. The van der Waals surface area contributed by atoms with Gasteiger partial charge in [0.1, 0.15) is 0 Å². The molecule has 1 aromatic carbocycles. The zero-order valence-electron chi connectivity index (χ0n) is 17.9. The van der Waals surface area contributed by atoms with Crippen LogP contribution in [0.1, 0.15) is 61.6 Å². The Kier molecular flexibility index (Phi) is 7.26. The van der Waals surface area contributed by atoms with E-state index in [1.807, 2.05) is 12.3 Å². The third kappa shape index (κ3) is 5.29. The first-order valence-electron chi connectivity index (χ1n) is 11.3. The summed E-state index contributed by atoms with van der Waals surface area (Å²) in [5, 5.41) is 7.29. The molecule has 6 heteroatoms. The standard InChI is InChI=1S/C25H31N3O3/c1-2-17-30-25(29)28-16-6-9-22(23-14-15-26-27-23)24(28)18-31-21-12-10-20(11-13-21)19-7-4-3-5-8-19/h1,3-5,7-8,14-15,20-22,24H,6,9-13,16-18H2,(H,26,27)/t20-,21+,22-,24+/m1/s1. The molecule has 4 rings (SSSR count). The highest BCUT2D eigenvalue weighted by Crippen LogP contribution is 2.36. The van der Waals surface area contributed by atoms with E-state index in [0.29, 0.717) is 19.1 Å². The second-order valence-electron chi connectivity index (χ2n) is 8.48. The number of nitrogens with one attached hydrogen (secondary N) is 1. The summed E-state index contributed by atoms with van der Waals surface area (Å²) in [6.07, 6.45) is 13.2. The van der Waals surface area contributed by atoms with Crippen LogP contribution in [0.15, 0.2) is 42.6 Å². The molecule has 1 amide bonds. The van der Waals surface area contributed by atoms with Gasteiger partial charge in [0.2, 0.25) is 0 Å². The van der Waals surface area contributed by atoms with Crippen LogP contribution in [-0.2, 0) is 9.47 Å². The van der Waals surface area contributed by atoms with Gasteiger partial charge in [-0.2, -0.15) is 5.10 Å². The molecule has 0 spiro atoms. The summed E-state index contributed by atoms with van der Waals surface area (Å²) < 4.78 is 11.6. The molecule has 2 atom stereocenters. The Morgan fingerprint density at radius 2 is 1.97 bits per heavy atom. The van der Waals surface area contributed by atoms with E-state index in [4.69, 9.17) is 15.9 Å². The molecule has 1 aromatic heterocycles. The van der Waals surface area contributed by atoms with Gasteiger partial charge in [-0.05, 0) is 56.1 Å². The monoisotopic (exact) mass is 421 g/mol. The Morgan fingerprint density at radius 3 is 2.68 bits per heavy atom. The normalized spacial score (nSPS) is 26.2. The molecule has 31 heavy (non-hydrogen) atoms. The zero-order chi connectivity index (χ0) is 21.5. The molecule has 2 heterocycles. The highest BCUT2D eigenvalue weighted by molar-refractivity contribution is 5.68. The lowest BCUT2D eigenvalue weighted by Gasteiger charge is -2.40. The van der Waals surface area contributed by atoms with Gasteiger partial charge in [-0.25, -0.2) is 4.79 Å². The van der Waals surface area contributed by atoms with Crippen molar-refractivity contribution in [3.8, 4) is 12.3 Å². The van der Waals surface area contributed by atoms with Crippen LogP contribution in [0.25, 0.3) is 0 Å². The molecule has 1 aliphatic carbocycles. The summed E-state index contributed by atoms with van der Waals surface area (Å²) in [6, 6.07) is 12.6. The van der Waals surface area contributed by atoms with E-state index in [1.54, 1.807) is 4.90 Å². The molecule has 0 unspecified atom stereocenters. The van der Waals surface area contributed by atoms with Crippen LogP contribution in [0.5, 0.6) is 0 Å². The van der Waals surface area contributed by atoms with Crippen molar-refractivity contribution >= 4 is 6.09 Å². The lowest BCUT2D eigenvalue weighted by atomic mass is 9.82. The third-order valence-corrected chi connectivity index (χ3v) is 6.64. The first-order valence-corrected chi connectivity index (χ1v) is 11.3. The number of aromatic nitrogens is 2. The quantitative estimate of drug-likeness (QED) is 0.699. The maximum Gasteiger partial charge on any atom is 0.411 e. The van der Waals surface area contributed by atoms with Crippen LogP contribution >= 0.6 is 0 Å². The van der Waals surface area contributed by atoms with Crippen molar-refractivity contribution in [2.75, 3.05) is 19.8 Å². The number of carbonyl (C=O) groups excluding carboxylic acids is 1. The number of carbonyl (C=O) groups is 1. The van der Waals surface area contributed by atoms with Crippen molar-refractivity contribution in [3.05, 3.63) is 53.9 Å². The number of ether oxygens (including phenoxy) is 2. The number of terminal acetylenes is 1. The van der Waals surface area contributed by atoms with Gasteiger partial charge in [-0.1, -0.05) is 36.3 Å². The molecule has 1 saturated heterocycles. The Balaban J connectivity index is 1.38. The number of likely N-dealkylation sites (tertiary alicyclic amines) is 1. The number of nitrogens with zero attached hydrogens (tertiary/aromatic N) is 2. The van der Waals surface area contributed by atoms with Crippen LogP contribution in [0.3, 0.4) is 0 Å². The Labute approximate surface area is 184 Å². The summed E-state index contributed by atoms with van der Waals surface area (Å²) in [7, 11) is 0. The number of H-pyrrole nitrogens is 1. The van der Waals surface area contributed by atoms with Gasteiger partial charge < -0.3 is 14.4 Å². The predicted molar refractivity (Wildman–Crippen MR) is 119 cm³/mol. The molecule has 1 N–H and O–H groups in total. The van der Waals surface area contributed by atoms with E-state index < -0.39 is 0 Å². The number of benzene rings is 1. The molecular weight excluding hydrogens is 390 g/mol. The average Bonchev–Trinajstić information content (AvgIpc) is 3.37. The fourth-order valence-corrected chi connectivity index (χ4v) is 5.02. The number of hydrogen-bond acceptors (Lipinski definition) is 4. The summed E-state index contributed by atoms with van der Waals surface area (Å²) in [5.74, 6) is 3.11. The Morgan fingerprint density at radius 1 is 1.16 bits per heavy atom. The van der Waals surface area contributed by atoms with E-state index >= 15 is 0 Å². The van der Waals surface area contributed by atoms with E-state index in [2.05, 4.69) is 46.4 Å². The van der Waals surface area contributed by atoms with E-state index in [9.17, 15) is 4.79 Å². The number of aromatic amines is 1. The summed E-state index contributed by atoms with van der Waals surface area (Å²) in [5.41, 5.74) is 2.39.